The molecular formula is C8H19N3. The van der Waals surface area contributed by atoms with Crippen molar-refractivity contribution in [3.8, 4) is 0 Å². The molecule has 0 bridgehead atoms. The van der Waals surface area contributed by atoms with Crippen molar-refractivity contribution in [2.75, 3.05) is 19.6 Å². The van der Waals surface area contributed by atoms with Crippen LogP contribution in [0.1, 0.15) is 27.2 Å². The second kappa shape index (κ2) is 6.01. The summed E-state index contributed by atoms with van der Waals surface area (Å²) in [5.74, 6) is 0.712. The molecule has 11 heavy (non-hydrogen) atoms. The van der Waals surface area contributed by atoms with E-state index in [1.807, 2.05) is 13.8 Å². The highest BCUT2D eigenvalue weighted by Crippen LogP contribution is 1.97. The van der Waals surface area contributed by atoms with Gasteiger partial charge in [0.05, 0.1) is 0 Å². The zero-order chi connectivity index (χ0) is 8.69. The Hall–Kier alpha value is -0.730. The molecule has 0 aliphatic carbocycles. The van der Waals surface area contributed by atoms with Crippen molar-refractivity contribution in [3.05, 3.63) is 0 Å². The summed E-state index contributed by atoms with van der Waals surface area (Å²) in [5.41, 5.74) is 5.57. The van der Waals surface area contributed by atoms with E-state index in [2.05, 4.69) is 16.8 Å². The molecule has 0 unspecified atom stereocenters. The van der Waals surface area contributed by atoms with E-state index in [0.717, 1.165) is 26.1 Å². The largest absolute Gasteiger partial charge is 0.370 e. The van der Waals surface area contributed by atoms with E-state index >= 15 is 0 Å². The standard InChI is InChI=1S/C6H13N3.C2H6/c1-2-9-5-3-4-8-6(9)7;1-2/h2-5H2,1H3,(H2,7,8);1-2H3. The van der Waals surface area contributed by atoms with E-state index in [9.17, 15) is 0 Å². The maximum atomic E-state index is 5.57. The van der Waals surface area contributed by atoms with Gasteiger partial charge in [-0.3, -0.25) is 4.99 Å². The molecule has 3 nitrogen and oxygen atoms in total. The third-order valence-electron chi connectivity index (χ3n) is 1.57. The summed E-state index contributed by atoms with van der Waals surface area (Å²) in [5, 5.41) is 0. The fourth-order valence-corrected chi connectivity index (χ4v) is 0.990. The Morgan fingerprint density at radius 3 is 2.55 bits per heavy atom. The van der Waals surface area contributed by atoms with E-state index in [-0.39, 0.29) is 0 Å². The van der Waals surface area contributed by atoms with Crippen LogP contribution in [0.15, 0.2) is 4.99 Å². The van der Waals surface area contributed by atoms with E-state index in [1.54, 1.807) is 0 Å². The minimum absolute atomic E-state index is 0.712. The molecule has 1 rings (SSSR count). The first-order valence-electron chi connectivity index (χ1n) is 4.39. The highest BCUT2D eigenvalue weighted by molar-refractivity contribution is 5.78. The molecule has 0 atom stereocenters. The number of aliphatic imine (C=N–C) groups is 1. The fraction of sp³-hybridized carbons (Fsp3) is 0.875. The van der Waals surface area contributed by atoms with Crippen molar-refractivity contribution >= 4 is 5.96 Å². The monoisotopic (exact) mass is 157 g/mol. The maximum Gasteiger partial charge on any atom is 0.191 e. The SMILES string of the molecule is CC.CCN1CCCN=C1N. The van der Waals surface area contributed by atoms with Crippen LogP contribution in [0.3, 0.4) is 0 Å². The van der Waals surface area contributed by atoms with Crippen LogP contribution in [0.25, 0.3) is 0 Å². The number of hydrogen-bond donors (Lipinski definition) is 1. The molecule has 1 heterocycles. The molecule has 0 aromatic carbocycles. The molecule has 3 heteroatoms. The second-order valence-corrected chi connectivity index (χ2v) is 2.17. The van der Waals surface area contributed by atoms with Gasteiger partial charge in [-0.2, -0.15) is 0 Å². The predicted octanol–water partition coefficient (Wildman–Crippen LogP) is 1.05. The lowest BCUT2D eigenvalue weighted by molar-refractivity contribution is 0.408. The van der Waals surface area contributed by atoms with Crippen LogP contribution in [0.5, 0.6) is 0 Å². The van der Waals surface area contributed by atoms with E-state index in [0.29, 0.717) is 5.96 Å². The summed E-state index contributed by atoms with van der Waals surface area (Å²) >= 11 is 0. The molecule has 0 aromatic rings. The summed E-state index contributed by atoms with van der Waals surface area (Å²) in [6, 6.07) is 0. The molecule has 0 amide bonds. The third-order valence-corrected chi connectivity index (χ3v) is 1.57. The van der Waals surface area contributed by atoms with Crippen LogP contribution in [0.2, 0.25) is 0 Å². The van der Waals surface area contributed by atoms with Crippen molar-refractivity contribution in [1.29, 1.82) is 0 Å². The maximum absolute atomic E-state index is 5.57. The summed E-state index contributed by atoms with van der Waals surface area (Å²) in [6.45, 7) is 9.05. The Kier molecular flexibility index (Phi) is 5.61. The molecule has 0 aromatic heterocycles. The molecular weight excluding hydrogens is 138 g/mol. The summed E-state index contributed by atoms with van der Waals surface area (Å²) in [6.07, 6.45) is 1.15. The number of nitrogens with two attached hydrogens (primary N) is 1. The summed E-state index contributed by atoms with van der Waals surface area (Å²) < 4.78 is 0. The number of hydrogen-bond acceptors (Lipinski definition) is 3. The lowest BCUT2D eigenvalue weighted by atomic mass is 10.3. The first-order chi connectivity index (χ1) is 5.34. The van der Waals surface area contributed by atoms with E-state index < -0.39 is 0 Å². The van der Waals surface area contributed by atoms with Crippen LogP contribution >= 0.6 is 0 Å². The number of rotatable bonds is 1. The normalized spacial score (nSPS) is 16.6. The van der Waals surface area contributed by atoms with Crippen LogP contribution in [0, 0.1) is 0 Å². The van der Waals surface area contributed by atoms with Gasteiger partial charge < -0.3 is 10.6 Å². The first-order valence-corrected chi connectivity index (χ1v) is 4.39. The van der Waals surface area contributed by atoms with Crippen LogP contribution in [0.4, 0.5) is 0 Å². The summed E-state index contributed by atoms with van der Waals surface area (Å²) in [4.78, 5) is 6.19. The zero-order valence-electron chi connectivity index (χ0n) is 7.80. The van der Waals surface area contributed by atoms with Crippen molar-refractivity contribution in [3.63, 3.8) is 0 Å². The Labute approximate surface area is 69.3 Å². The van der Waals surface area contributed by atoms with E-state index in [1.165, 1.54) is 0 Å². The van der Waals surface area contributed by atoms with Gasteiger partial charge >= 0.3 is 0 Å². The minimum atomic E-state index is 0.712. The van der Waals surface area contributed by atoms with Gasteiger partial charge in [-0.1, -0.05) is 13.8 Å². The third kappa shape index (κ3) is 3.25. The van der Waals surface area contributed by atoms with Crippen molar-refractivity contribution < 1.29 is 0 Å². The minimum Gasteiger partial charge on any atom is -0.370 e. The highest BCUT2D eigenvalue weighted by Gasteiger charge is 2.07. The van der Waals surface area contributed by atoms with Gasteiger partial charge in [0.15, 0.2) is 5.96 Å². The van der Waals surface area contributed by atoms with Gasteiger partial charge in [-0.25, -0.2) is 0 Å². The van der Waals surface area contributed by atoms with Gasteiger partial charge in [0.1, 0.15) is 0 Å². The number of guanidine groups is 1. The van der Waals surface area contributed by atoms with Crippen molar-refractivity contribution in [2.45, 2.75) is 27.2 Å². The Balaban J connectivity index is 0.000000461. The smallest absolute Gasteiger partial charge is 0.191 e. The molecule has 0 fully saturated rings. The van der Waals surface area contributed by atoms with Gasteiger partial charge in [-0.15, -0.1) is 0 Å². The van der Waals surface area contributed by atoms with Gasteiger partial charge in [-0.05, 0) is 13.3 Å². The fourth-order valence-electron chi connectivity index (χ4n) is 0.990. The second-order valence-electron chi connectivity index (χ2n) is 2.17. The molecule has 0 spiro atoms. The molecule has 0 radical (unpaired) electrons. The topological polar surface area (TPSA) is 41.6 Å². The lowest BCUT2D eigenvalue weighted by Crippen LogP contribution is -2.40. The van der Waals surface area contributed by atoms with Gasteiger partial charge in [0.2, 0.25) is 0 Å². The number of nitrogens with zero attached hydrogens (tertiary/aromatic N) is 2. The molecule has 0 saturated carbocycles. The van der Waals surface area contributed by atoms with Gasteiger partial charge in [0.25, 0.3) is 0 Å². The van der Waals surface area contributed by atoms with Crippen LogP contribution in [-0.2, 0) is 0 Å². The Morgan fingerprint density at radius 2 is 2.18 bits per heavy atom. The predicted molar refractivity (Wildman–Crippen MR) is 49.7 cm³/mol. The quantitative estimate of drug-likeness (QED) is 0.618. The van der Waals surface area contributed by atoms with Crippen molar-refractivity contribution in [1.82, 2.24) is 4.90 Å². The molecule has 1 aliphatic heterocycles. The molecule has 0 saturated heterocycles. The highest BCUT2D eigenvalue weighted by atomic mass is 15.3. The zero-order valence-corrected chi connectivity index (χ0v) is 7.80. The molecule has 66 valence electrons. The van der Waals surface area contributed by atoms with Crippen LogP contribution in [-0.4, -0.2) is 30.5 Å². The average Bonchev–Trinajstić information content (AvgIpc) is 2.09. The Morgan fingerprint density at radius 1 is 1.55 bits per heavy atom. The molecule has 1 aliphatic rings. The lowest BCUT2D eigenvalue weighted by Gasteiger charge is -2.24. The van der Waals surface area contributed by atoms with E-state index in [4.69, 9.17) is 5.73 Å². The van der Waals surface area contributed by atoms with Crippen molar-refractivity contribution in [2.24, 2.45) is 10.7 Å². The summed E-state index contributed by atoms with van der Waals surface area (Å²) in [7, 11) is 0. The molecule has 2 N–H and O–H groups in total. The first kappa shape index (κ1) is 10.3. The van der Waals surface area contributed by atoms with Gasteiger partial charge in [0, 0.05) is 19.6 Å². The average molecular weight is 157 g/mol. The van der Waals surface area contributed by atoms with Crippen LogP contribution < -0.4 is 5.73 Å². The Bertz CT molecular complexity index is 121.